The monoisotopic (exact) mass is 227 g/mol. The molecule has 0 aromatic heterocycles. The van der Waals surface area contributed by atoms with Crippen LogP contribution in [0.15, 0.2) is 0 Å². The van der Waals surface area contributed by atoms with Crippen LogP contribution in [0, 0.1) is 11.8 Å². The molecule has 16 heavy (non-hydrogen) atoms. The fraction of sp³-hybridized carbons (Fsp3) is 0.833. The van der Waals surface area contributed by atoms with Gasteiger partial charge in [0.1, 0.15) is 6.61 Å². The quantitative estimate of drug-likeness (QED) is 0.741. The molecule has 0 aliphatic carbocycles. The van der Waals surface area contributed by atoms with Crippen LogP contribution in [0.4, 0.5) is 4.79 Å². The van der Waals surface area contributed by atoms with Crippen molar-refractivity contribution in [1.29, 1.82) is 0 Å². The number of carbonyl (C=O) groups is 2. The zero-order valence-corrected chi connectivity index (χ0v) is 10.5. The molecule has 1 saturated heterocycles. The van der Waals surface area contributed by atoms with Crippen molar-refractivity contribution in [2.45, 2.75) is 46.6 Å². The molecular formula is C12H21NO3. The van der Waals surface area contributed by atoms with Gasteiger partial charge in [0.05, 0.1) is 6.04 Å². The van der Waals surface area contributed by atoms with E-state index < -0.39 is 6.09 Å². The molecule has 0 aromatic carbocycles. The van der Waals surface area contributed by atoms with Crippen LogP contribution in [0.1, 0.15) is 40.5 Å². The van der Waals surface area contributed by atoms with Crippen molar-refractivity contribution < 1.29 is 14.3 Å². The molecule has 0 saturated carbocycles. The lowest BCUT2D eigenvalue weighted by atomic mass is 10.0. The maximum absolute atomic E-state index is 12.0. The molecule has 0 bridgehead atoms. The first-order valence-corrected chi connectivity index (χ1v) is 5.96. The Bertz CT molecular complexity index is 275. The molecule has 1 rings (SSSR count). The molecule has 92 valence electrons. The Hall–Kier alpha value is -1.06. The summed E-state index contributed by atoms with van der Waals surface area (Å²) in [7, 11) is 0. The molecule has 0 aromatic rings. The third-order valence-corrected chi connectivity index (χ3v) is 3.16. The maximum atomic E-state index is 12.0. The van der Waals surface area contributed by atoms with Crippen LogP contribution in [-0.4, -0.2) is 29.5 Å². The predicted octanol–water partition coefficient (Wildman–Crippen LogP) is 2.43. The molecule has 1 heterocycles. The molecule has 1 aliphatic rings. The van der Waals surface area contributed by atoms with Gasteiger partial charge in [0.2, 0.25) is 5.91 Å². The van der Waals surface area contributed by atoms with Crippen molar-refractivity contribution in [2.75, 3.05) is 6.61 Å². The first-order chi connectivity index (χ1) is 7.47. The normalized spacial score (nSPS) is 22.4. The van der Waals surface area contributed by atoms with E-state index in [-0.39, 0.29) is 17.9 Å². The summed E-state index contributed by atoms with van der Waals surface area (Å²) in [5.41, 5.74) is 0. The topological polar surface area (TPSA) is 46.6 Å². The zero-order valence-electron chi connectivity index (χ0n) is 10.5. The number of amides is 2. The minimum atomic E-state index is -0.480. The van der Waals surface area contributed by atoms with Gasteiger partial charge in [0.15, 0.2) is 0 Å². The molecule has 4 heteroatoms. The highest BCUT2D eigenvalue weighted by molar-refractivity contribution is 5.93. The van der Waals surface area contributed by atoms with Crippen molar-refractivity contribution in [3.8, 4) is 0 Å². The van der Waals surface area contributed by atoms with E-state index in [2.05, 4.69) is 0 Å². The lowest BCUT2D eigenvalue weighted by Gasteiger charge is -2.23. The Morgan fingerprint density at radius 1 is 1.50 bits per heavy atom. The first-order valence-electron chi connectivity index (χ1n) is 5.96. The number of cyclic esters (lactones) is 1. The first kappa shape index (κ1) is 13.0. The van der Waals surface area contributed by atoms with Crippen molar-refractivity contribution in [3.05, 3.63) is 0 Å². The molecule has 1 fully saturated rings. The standard InChI is InChI=1S/C12H21NO3/c1-5-9(4)6-11(14)13-10(8(2)3)7-16-12(13)15/h8-10H,5-7H2,1-4H3/t9?,10-/m0/s1. The van der Waals surface area contributed by atoms with Gasteiger partial charge in [-0.15, -0.1) is 0 Å². The number of hydrogen-bond donors (Lipinski definition) is 0. The fourth-order valence-electron chi connectivity index (χ4n) is 1.75. The van der Waals surface area contributed by atoms with Gasteiger partial charge < -0.3 is 4.74 Å². The van der Waals surface area contributed by atoms with Gasteiger partial charge in [0.25, 0.3) is 0 Å². The third-order valence-electron chi connectivity index (χ3n) is 3.16. The van der Waals surface area contributed by atoms with Crippen LogP contribution in [0.3, 0.4) is 0 Å². The van der Waals surface area contributed by atoms with E-state index in [9.17, 15) is 9.59 Å². The Morgan fingerprint density at radius 3 is 2.62 bits per heavy atom. The SMILES string of the molecule is CCC(C)CC(=O)N1C(=O)OC[C@H]1C(C)C. The lowest BCUT2D eigenvalue weighted by molar-refractivity contribution is -0.130. The molecule has 0 radical (unpaired) electrons. The maximum Gasteiger partial charge on any atom is 0.416 e. The number of hydrogen-bond acceptors (Lipinski definition) is 3. The summed E-state index contributed by atoms with van der Waals surface area (Å²) < 4.78 is 4.94. The number of ether oxygens (including phenoxy) is 1. The van der Waals surface area contributed by atoms with Gasteiger partial charge in [-0.05, 0) is 11.8 Å². The second-order valence-electron chi connectivity index (χ2n) is 4.87. The number of rotatable bonds is 4. The van der Waals surface area contributed by atoms with Crippen LogP contribution in [0.2, 0.25) is 0 Å². The van der Waals surface area contributed by atoms with Crippen LogP contribution in [-0.2, 0) is 9.53 Å². The highest BCUT2D eigenvalue weighted by Gasteiger charge is 2.39. The highest BCUT2D eigenvalue weighted by Crippen LogP contribution is 2.22. The minimum Gasteiger partial charge on any atom is -0.447 e. The summed E-state index contributed by atoms with van der Waals surface area (Å²) in [5, 5.41) is 0. The van der Waals surface area contributed by atoms with Gasteiger partial charge in [-0.3, -0.25) is 4.79 Å². The van der Waals surface area contributed by atoms with Gasteiger partial charge in [-0.25, -0.2) is 9.69 Å². The summed E-state index contributed by atoms with van der Waals surface area (Å²) in [6, 6.07) is -0.0935. The molecule has 2 atom stereocenters. The van der Waals surface area contributed by atoms with E-state index in [0.717, 1.165) is 6.42 Å². The second kappa shape index (κ2) is 5.32. The number of carbonyl (C=O) groups excluding carboxylic acids is 2. The largest absolute Gasteiger partial charge is 0.447 e. The van der Waals surface area contributed by atoms with E-state index in [1.54, 1.807) is 0 Å². The minimum absolute atomic E-state index is 0.0935. The Kier molecular flexibility index (Phi) is 4.33. The van der Waals surface area contributed by atoms with E-state index >= 15 is 0 Å². The number of imide groups is 1. The van der Waals surface area contributed by atoms with E-state index in [1.807, 2.05) is 27.7 Å². The van der Waals surface area contributed by atoms with Crippen LogP contribution in [0.5, 0.6) is 0 Å². The van der Waals surface area contributed by atoms with Gasteiger partial charge >= 0.3 is 6.09 Å². The van der Waals surface area contributed by atoms with E-state index in [4.69, 9.17) is 4.74 Å². The van der Waals surface area contributed by atoms with Crippen LogP contribution in [0.25, 0.3) is 0 Å². The third kappa shape index (κ3) is 2.74. The summed E-state index contributed by atoms with van der Waals surface area (Å²) in [6.45, 7) is 8.39. The highest BCUT2D eigenvalue weighted by atomic mass is 16.6. The molecule has 4 nitrogen and oxygen atoms in total. The van der Waals surface area contributed by atoms with Crippen LogP contribution >= 0.6 is 0 Å². The molecule has 0 spiro atoms. The van der Waals surface area contributed by atoms with E-state index in [0.29, 0.717) is 18.9 Å². The second-order valence-corrected chi connectivity index (χ2v) is 4.87. The van der Waals surface area contributed by atoms with Crippen molar-refractivity contribution in [3.63, 3.8) is 0 Å². The van der Waals surface area contributed by atoms with Gasteiger partial charge in [-0.2, -0.15) is 0 Å². The van der Waals surface area contributed by atoms with Crippen molar-refractivity contribution >= 4 is 12.0 Å². The summed E-state index contributed by atoms with van der Waals surface area (Å²) in [5.74, 6) is 0.455. The molecule has 1 unspecified atom stereocenters. The molecule has 2 amide bonds. The zero-order chi connectivity index (χ0) is 12.3. The molecular weight excluding hydrogens is 206 g/mol. The Balaban J connectivity index is 2.68. The fourth-order valence-corrected chi connectivity index (χ4v) is 1.75. The van der Waals surface area contributed by atoms with Gasteiger partial charge in [-0.1, -0.05) is 34.1 Å². The van der Waals surface area contributed by atoms with Gasteiger partial charge in [0, 0.05) is 6.42 Å². The summed E-state index contributed by atoms with van der Waals surface area (Å²) >= 11 is 0. The summed E-state index contributed by atoms with van der Waals surface area (Å²) in [6.07, 6.45) is 0.891. The van der Waals surface area contributed by atoms with Crippen LogP contribution < -0.4 is 0 Å². The average molecular weight is 227 g/mol. The summed E-state index contributed by atoms with van der Waals surface area (Å²) in [4.78, 5) is 24.8. The van der Waals surface area contributed by atoms with Crippen molar-refractivity contribution in [1.82, 2.24) is 4.90 Å². The predicted molar refractivity (Wildman–Crippen MR) is 60.9 cm³/mol. The van der Waals surface area contributed by atoms with E-state index in [1.165, 1.54) is 4.90 Å². The number of nitrogens with zero attached hydrogens (tertiary/aromatic N) is 1. The average Bonchev–Trinajstić information content (AvgIpc) is 2.59. The molecule has 0 N–H and O–H groups in total. The Morgan fingerprint density at radius 2 is 2.12 bits per heavy atom. The Labute approximate surface area is 96.9 Å². The lowest BCUT2D eigenvalue weighted by Crippen LogP contribution is -2.42. The smallest absolute Gasteiger partial charge is 0.416 e. The molecule has 1 aliphatic heterocycles. The van der Waals surface area contributed by atoms with Crippen molar-refractivity contribution in [2.24, 2.45) is 11.8 Å².